The molecular formula is C24H17Cl5F3N3O3. The number of anilines is 2. The number of ether oxygens (including phenoxy) is 1. The van der Waals surface area contributed by atoms with Crippen LogP contribution < -0.4 is 20.9 Å². The van der Waals surface area contributed by atoms with Gasteiger partial charge in [0.15, 0.2) is 0 Å². The van der Waals surface area contributed by atoms with E-state index in [1.54, 1.807) is 0 Å². The third-order valence-electron chi connectivity index (χ3n) is 4.87. The van der Waals surface area contributed by atoms with Crippen LogP contribution in [-0.4, -0.2) is 22.5 Å². The highest BCUT2D eigenvalue weighted by Gasteiger charge is 2.38. The summed E-state index contributed by atoms with van der Waals surface area (Å²) in [6.07, 6.45) is -4.83. The maximum atomic E-state index is 13.2. The lowest BCUT2D eigenvalue weighted by Crippen LogP contribution is -2.33. The number of hydrazine groups is 1. The van der Waals surface area contributed by atoms with Gasteiger partial charge < -0.3 is 10.1 Å². The molecule has 0 heterocycles. The largest absolute Gasteiger partial charge is 0.573 e. The number of halogens is 8. The van der Waals surface area contributed by atoms with Crippen LogP contribution in [0.1, 0.15) is 28.8 Å². The molecule has 1 atom stereocenters. The predicted octanol–water partition coefficient (Wildman–Crippen LogP) is 8.22. The van der Waals surface area contributed by atoms with E-state index in [9.17, 15) is 22.8 Å². The molecule has 0 aromatic heterocycles. The molecule has 202 valence electrons. The molecule has 0 saturated heterocycles. The molecule has 6 nitrogen and oxygen atoms in total. The van der Waals surface area contributed by atoms with Gasteiger partial charge >= 0.3 is 6.36 Å². The van der Waals surface area contributed by atoms with Gasteiger partial charge in [-0.25, -0.2) is 0 Å². The molecule has 3 aromatic carbocycles. The summed E-state index contributed by atoms with van der Waals surface area (Å²) < 4.78 is 39.1. The van der Waals surface area contributed by atoms with Gasteiger partial charge in [-0.2, -0.15) is 0 Å². The van der Waals surface area contributed by atoms with Crippen molar-refractivity contribution in [2.24, 2.45) is 0 Å². The summed E-state index contributed by atoms with van der Waals surface area (Å²) in [5, 5.41) is 3.27. The Labute approximate surface area is 240 Å². The van der Waals surface area contributed by atoms with Crippen LogP contribution in [0.3, 0.4) is 0 Å². The number of hydrogen-bond acceptors (Lipinski definition) is 4. The molecule has 0 aliphatic carbocycles. The van der Waals surface area contributed by atoms with Crippen LogP contribution in [-0.2, 0) is 4.79 Å². The summed E-state index contributed by atoms with van der Waals surface area (Å²) in [4.78, 5) is 25.9. The summed E-state index contributed by atoms with van der Waals surface area (Å²) in [6.45, 7) is 1.43. The minimum absolute atomic E-state index is 0.0177. The average Bonchev–Trinajstić information content (AvgIpc) is 2.77. The zero-order valence-electron chi connectivity index (χ0n) is 19.1. The van der Waals surface area contributed by atoms with Crippen molar-refractivity contribution in [3.05, 3.63) is 86.9 Å². The van der Waals surface area contributed by atoms with E-state index in [1.807, 2.05) is 0 Å². The van der Waals surface area contributed by atoms with Crippen molar-refractivity contribution >= 4 is 81.2 Å². The first-order chi connectivity index (χ1) is 17.6. The van der Waals surface area contributed by atoms with Gasteiger partial charge in [-0.1, -0.05) is 34.8 Å². The van der Waals surface area contributed by atoms with Crippen LogP contribution in [0.25, 0.3) is 0 Å². The second kappa shape index (κ2) is 12.1. The highest BCUT2D eigenvalue weighted by atomic mass is 35.5. The maximum absolute atomic E-state index is 13.2. The number of amides is 2. The first-order valence-electron chi connectivity index (χ1n) is 10.5. The fourth-order valence-corrected chi connectivity index (χ4v) is 4.54. The lowest BCUT2D eigenvalue weighted by Gasteiger charge is -2.26. The van der Waals surface area contributed by atoms with E-state index in [0.717, 1.165) is 12.1 Å². The number of benzene rings is 3. The SMILES string of the molecule is CC(Cl)(Cl)C(C(=O)Nc1ccc(Cl)c(C(=O)NNc2ccc(OC(F)(F)F)cc2)c1)c1cc(Cl)cc(Cl)c1. The molecule has 2 amide bonds. The molecule has 0 aliphatic rings. The molecule has 0 spiro atoms. The Morgan fingerprint density at radius 1 is 0.868 bits per heavy atom. The predicted molar refractivity (Wildman–Crippen MR) is 144 cm³/mol. The highest BCUT2D eigenvalue weighted by Crippen LogP contribution is 2.40. The highest BCUT2D eigenvalue weighted by molar-refractivity contribution is 6.50. The van der Waals surface area contributed by atoms with Crippen molar-refractivity contribution in [3.8, 4) is 5.75 Å². The second-order valence-electron chi connectivity index (χ2n) is 7.93. The molecule has 0 fully saturated rings. The Kier molecular flexibility index (Phi) is 9.54. The standard InChI is InChI=1S/C24H17Cl5F3N3O3/c1-23(28,29)20(12-8-13(25)10-14(26)9-12)22(37)33-16-4-7-19(27)18(11-16)21(36)35-34-15-2-5-17(6-3-15)38-24(30,31)32/h2-11,20,34H,1H3,(H,33,37)(H,35,36). The van der Waals surface area contributed by atoms with Crippen LogP contribution in [0, 0.1) is 0 Å². The van der Waals surface area contributed by atoms with Crippen LogP contribution in [0.5, 0.6) is 5.75 Å². The summed E-state index contributed by atoms with van der Waals surface area (Å²) in [7, 11) is 0. The van der Waals surface area contributed by atoms with Crippen LogP contribution in [0.15, 0.2) is 60.7 Å². The fourth-order valence-electron chi connectivity index (χ4n) is 3.34. The zero-order chi connectivity index (χ0) is 28.3. The quantitative estimate of drug-likeness (QED) is 0.173. The molecule has 1 unspecified atom stereocenters. The Balaban J connectivity index is 1.74. The smallest absolute Gasteiger partial charge is 0.406 e. The third-order valence-corrected chi connectivity index (χ3v) is 6.08. The Morgan fingerprint density at radius 3 is 2.00 bits per heavy atom. The molecule has 14 heteroatoms. The molecule has 3 N–H and O–H groups in total. The first-order valence-corrected chi connectivity index (χ1v) is 12.4. The van der Waals surface area contributed by atoms with Gasteiger partial charge in [-0.05, 0) is 73.2 Å². The van der Waals surface area contributed by atoms with E-state index < -0.39 is 34.2 Å². The van der Waals surface area contributed by atoms with Crippen molar-refractivity contribution in [1.82, 2.24) is 5.43 Å². The van der Waals surface area contributed by atoms with Gasteiger partial charge in [0.05, 0.1) is 22.2 Å². The van der Waals surface area contributed by atoms with E-state index in [1.165, 1.54) is 55.5 Å². The third kappa shape index (κ3) is 8.47. The monoisotopic (exact) mass is 627 g/mol. The van der Waals surface area contributed by atoms with Gasteiger partial charge in [0.1, 0.15) is 10.1 Å². The number of carbonyl (C=O) groups is 2. The molecule has 3 aromatic rings. The summed E-state index contributed by atoms with van der Waals surface area (Å²) in [5.41, 5.74) is 5.74. The lowest BCUT2D eigenvalue weighted by atomic mass is 9.94. The molecule has 3 rings (SSSR count). The normalized spacial score (nSPS) is 12.4. The van der Waals surface area contributed by atoms with Crippen molar-refractivity contribution < 1.29 is 27.5 Å². The van der Waals surface area contributed by atoms with Crippen LogP contribution >= 0.6 is 58.0 Å². The molecule has 0 bridgehead atoms. The molecule has 38 heavy (non-hydrogen) atoms. The summed E-state index contributed by atoms with van der Waals surface area (Å²) >= 11 is 30.9. The molecule has 0 aliphatic heterocycles. The first kappa shape index (κ1) is 30.0. The van der Waals surface area contributed by atoms with Crippen LogP contribution in [0.4, 0.5) is 24.5 Å². The van der Waals surface area contributed by atoms with Gasteiger partial charge in [0.25, 0.3) is 5.91 Å². The number of carbonyl (C=O) groups excluding carboxylic acids is 2. The van der Waals surface area contributed by atoms with Crippen LogP contribution in [0.2, 0.25) is 15.1 Å². The molecule has 0 saturated carbocycles. The topological polar surface area (TPSA) is 79.5 Å². The van der Waals surface area contributed by atoms with Gasteiger partial charge in [0, 0.05) is 15.7 Å². The minimum atomic E-state index is -4.83. The number of nitrogens with one attached hydrogen (secondary N) is 3. The van der Waals surface area contributed by atoms with Crippen molar-refractivity contribution in [2.75, 3.05) is 10.7 Å². The Hall–Kier alpha value is -2.56. The second-order valence-corrected chi connectivity index (χ2v) is 11.0. The summed E-state index contributed by atoms with van der Waals surface area (Å²) in [5.74, 6) is -2.83. The van der Waals surface area contributed by atoms with E-state index in [-0.39, 0.29) is 32.0 Å². The van der Waals surface area contributed by atoms with Gasteiger partial charge in [-0.3, -0.25) is 20.4 Å². The average molecular weight is 630 g/mol. The van der Waals surface area contributed by atoms with E-state index in [0.29, 0.717) is 5.56 Å². The van der Waals surface area contributed by atoms with E-state index in [4.69, 9.17) is 58.0 Å². The minimum Gasteiger partial charge on any atom is -0.406 e. The van der Waals surface area contributed by atoms with Gasteiger partial charge in [0.2, 0.25) is 5.91 Å². The number of alkyl halides is 5. The summed E-state index contributed by atoms with van der Waals surface area (Å²) in [6, 6.07) is 13.3. The number of hydrogen-bond donors (Lipinski definition) is 3. The molecular weight excluding hydrogens is 613 g/mol. The fraction of sp³-hybridized carbons (Fsp3) is 0.167. The van der Waals surface area contributed by atoms with Crippen molar-refractivity contribution in [3.63, 3.8) is 0 Å². The van der Waals surface area contributed by atoms with E-state index in [2.05, 4.69) is 20.9 Å². The van der Waals surface area contributed by atoms with E-state index >= 15 is 0 Å². The molecule has 0 radical (unpaired) electrons. The Bertz CT molecular complexity index is 1310. The lowest BCUT2D eigenvalue weighted by molar-refractivity contribution is -0.274. The maximum Gasteiger partial charge on any atom is 0.573 e. The van der Waals surface area contributed by atoms with Crippen molar-refractivity contribution in [2.45, 2.75) is 23.5 Å². The Morgan fingerprint density at radius 2 is 1.45 bits per heavy atom. The van der Waals surface area contributed by atoms with Gasteiger partial charge in [-0.15, -0.1) is 36.4 Å². The van der Waals surface area contributed by atoms with Crippen molar-refractivity contribution in [1.29, 1.82) is 0 Å². The zero-order valence-corrected chi connectivity index (χ0v) is 22.9. The number of rotatable bonds is 8.